The maximum atomic E-state index is 11.8. The molecular weight excluding hydrogens is 216 g/mol. The van der Waals surface area contributed by atoms with Crippen molar-refractivity contribution < 1.29 is 4.79 Å². The van der Waals surface area contributed by atoms with E-state index in [1.54, 1.807) is 11.1 Å². The van der Waals surface area contributed by atoms with Gasteiger partial charge in [-0.2, -0.15) is 0 Å². The average Bonchev–Trinajstić information content (AvgIpc) is 2.27. The van der Waals surface area contributed by atoms with Gasteiger partial charge in [-0.3, -0.25) is 4.79 Å². The van der Waals surface area contributed by atoms with E-state index in [4.69, 9.17) is 0 Å². The monoisotopic (exact) mass is 234 g/mol. The molecule has 1 N–H and O–H groups in total. The zero-order valence-electron chi connectivity index (χ0n) is 10.7. The highest BCUT2D eigenvalue weighted by Gasteiger charge is 2.27. The van der Waals surface area contributed by atoms with Crippen molar-refractivity contribution in [2.45, 2.75) is 39.7 Å². The summed E-state index contributed by atoms with van der Waals surface area (Å²) in [5.74, 6) is 1.91. The van der Waals surface area contributed by atoms with Gasteiger partial charge in [0.25, 0.3) is 0 Å². The van der Waals surface area contributed by atoms with E-state index >= 15 is 0 Å². The molecule has 17 heavy (non-hydrogen) atoms. The Hall–Kier alpha value is -1.65. The van der Waals surface area contributed by atoms with Crippen LogP contribution in [-0.4, -0.2) is 28.5 Å². The predicted molar refractivity (Wildman–Crippen MR) is 67.2 cm³/mol. The summed E-state index contributed by atoms with van der Waals surface area (Å²) in [5, 5.41) is 3.05. The van der Waals surface area contributed by atoms with E-state index in [0.717, 1.165) is 17.3 Å². The van der Waals surface area contributed by atoms with Gasteiger partial charge in [-0.05, 0) is 13.8 Å². The van der Waals surface area contributed by atoms with Crippen LogP contribution in [-0.2, 0) is 4.79 Å². The largest absolute Gasteiger partial charge is 0.359 e. The second kappa shape index (κ2) is 4.31. The molecule has 0 radical (unpaired) electrons. The fraction of sp³-hybridized carbons (Fsp3) is 0.583. The summed E-state index contributed by atoms with van der Waals surface area (Å²) in [5.41, 5.74) is 0.778. The molecule has 2 heterocycles. The lowest BCUT2D eigenvalue weighted by molar-refractivity contribution is -0.117. The molecule has 1 aromatic rings. The van der Waals surface area contributed by atoms with E-state index in [9.17, 15) is 4.79 Å². The Kier molecular flexibility index (Phi) is 3.00. The Bertz CT molecular complexity index is 442. The molecule has 2 rings (SSSR count). The SMILES string of the molecule is CC(C)c1ncc2c(n1)NCC(=O)N2C(C)C. The standard InChI is InChI=1S/C12H18N4O/c1-7(2)11-13-5-9-12(15-11)14-6-10(17)16(9)8(3)4/h5,7-8H,6H2,1-4H3,(H,13,14,15). The van der Waals surface area contributed by atoms with Crippen molar-refractivity contribution in [3.05, 3.63) is 12.0 Å². The molecule has 1 aliphatic heterocycles. The molecule has 0 saturated heterocycles. The van der Waals surface area contributed by atoms with Gasteiger partial charge in [-0.1, -0.05) is 13.8 Å². The number of aromatic nitrogens is 2. The molecule has 0 unspecified atom stereocenters. The zero-order valence-corrected chi connectivity index (χ0v) is 10.7. The minimum Gasteiger partial charge on any atom is -0.359 e. The van der Waals surface area contributed by atoms with Crippen molar-refractivity contribution in [3.8, 4) is 0 Å². The van der Waals surface area contributed by atoms with E-state index in [0.29, 0.717) is 6.54 Å². The van der Waals surface area contributed by atoms with Crippen LogP contribution < -0.4 is 10.2 Å². The molecule has 92 valence electrons. The third-order valence-electron chi connectivity index (χ3n) is 2.76. The minimum absolute atomic E-state index is 0.0633. The second-order valence-corrected chi connectivity index (χ2v) is 4.83. The minimum atomic E-state index is 0.0633. The maximum Gasteiger partial charge on any atom is 0.246 e. The molecule has 0 fully saturated rings. The van der Waals surface area contributed by atoms with Crippen molar-refractivity contribution in [1.29, 1.82) is 0 Å². The zero-order chi connectivity index (χ0) is 12.6. The van der Waals surface area contributed by atoms with Gasteiger partial charge in [0.05, 0.1) is 12.7 Å². The molecule has 5 heteroatoms. The Balaban J connectivity index is 2.44. The number of fused-ring (bicyclic) bond motifs is 1. The van der Waals surface area contributed by atoms with Crippen LogP contribution in [0.5, 0.6) is 0 Å². The van der Waals surface area contributed by atoms with Crippen LogP contribution in [0.3, 0.4) is 0 Å². The van der Waals surface area contributed by atoms with E-state index < -0.39 is 0 Å². The first-order valence-corrected chi connectivity index (χ1v) is 5.93. The Morgan fingerprint density at radius 3 is 2.65 bits per heavy atom. The molecule has 0 spiro atoms. The van der Waals surface area contributed by atoms with Gasteiger partial charge in [-0.15, -0.1) is 0 Å². The first kappa shape index (κ1) is 11.8. The van der Waals surface area contributed by atoms with Crippen LogP contribution >= 0.6 is 0 Å². The summed E-state index contributed by atoms with van der Waals surface area (Å²) >= 11 is 0. The summed E-state index contributed by atoms with van der Waals surface area (Å²) in [6, 6.07) is 0.122. The number of carbonyl (C=O) groups is 1. The van der Waals surface area contributed by atoms with Crippen molar-refractivity contribution in [1.82, 2.24) is 9.97 Å². The highest BCUT2D eigenvalue weighted by Crippen LogP contribution is 2.29. The van der Waals surface area contributed by atoms with E-state index in [1.807, 2.05) is 13.8 Å². The van der Waals surface area contributed by atoms with Gasteiger partial charge in [0.15, 0.2) is 5.82 Å². The lowest BCUT2D eigenvalue weighted by Gasteiger charge is -2.32. The number of anilines is 2. The lowest BCUT2D eigenvalue weighted by Crippen LogP contribution is -2.44. The average molecular weight is 234 g/mol. The van der Waals surface area contributed by atoms with Crippen molar-refractivity contribution in [2.75, 3.05) is 16.8 Å². The van der Waals surface area contributed by atoms with Crippen LogP contribution in [0.15, 0.2) is 6.20 Å². The van der Waals surface area contributed by atoms with Crippen molar-refractivity contribution >= 4 is 17.4 Å². The summed E-state index contributed by atoms with van der Waals surface area (Å²) in [4.78, 5) is 22.3. The van der Waals surface area contributed by atoms with Crippen LogP contribution in [0.4, 0.5) is 11.5 Å². The fourth-order valence-electron chi connectivity index (χ4n) is 1.92. The molecule has 0 aromatic carbocycles. The highest BCUT2D eigenvalue weighted by atomic mass is 16.2. The van der Waals surface area contributed by atoms with E-state index in [-0.39, 0.29) is 17.9 Å². The number of carbonyl (C=O) groups excluding carboxylic acids is 1. The third kappa shape index (κ3) is 2.09. The molecule has 0 saturated carbocycles. The topological polar surface area (TPSA) is 58.1 Å². The molecule has 1 aliphatic rings. The van der Waals surface area contributed by atoms with Crippen LogP contribution in [0.2, 0.25) is 0 Å². The van der Waals surface area contributed by atoms with Crippen LogP contribution in [0.1, 0.15) is 39.4 Å². The molecule has 1 aromatic heterocycles. The molecule has 5 nitrogen and oxygen atoms in total. The Labute approximate surface area is 101 Å². The number of hydrogen-bond donors (Lipinski definition) is 1. The second-order valence-electron chi connectivity index (χ2n) is 4.83. The number of hydrogen-bond acceptors (Lipinski definition) is 4. The van der Waals surface area contributed by atoms with Crippen LogP contribution in [0, 0.1) is 0 Å². The molecule has 0 aliphatic carbocycles. The van der Waals surface area contributed by atoms with E-state index in [2.05, 4.69) is 29.1 Å². The summed E-state index contributed by atoms with van der Waals surface area (Å²) < 4.78 is 0. The number of nitrogens with zero attached hydrogens (tertiary/aromatic N) is 3. The number of amides is 1. The Morgan fingerprint density at radius 1 is 1.35 bits per heavy atom. The summed E-state index contributed by atoms with van der Waals surface area (Å²) in [6.07, 6.45) is 1.74. The van der Waals surface area contributed by atoms with Gasteiger partial charge in [0, 0.05) is 12.0 Å². The van der Waals surface area contributed by atoms with E-state index in [1.165, 1.54) is 0 Å². The van der Waals surface area contributed by atoms with Gasteiger partial charge in [0.2, 0.25) is 5.91 Å². The summed E-state index contributed by atoms with van der Waals surface area (Å²) in [7, 11) is 0. The van der Waals surface area contributed by atoms with Gasteiger partial charge < -0.3 is 10.2 Å². The third-order valence-corrected chi connectivity index (χ3v) is 2.76. The number of rotatable bonds is 2. The number of nitrogens with one attached hydrogen (secondary N) is 1. The molecular formula is C12H18N4O. The highest BCUT2D eigenvalue weighted by molar-refractivity contribution is 6.01. The maximum absolute atomic E-state index is 11.8. The van der Waals surface area contributed by atoms with Crippen molar-refractivity contribution in [2.24, 2.45) is 0 Å². The quantitative estimate of drug-likeness (QED) is 0.847. The molecule has 0 bridgehead atoms. The van der Waals surface area contributed by atoms with Gasteiger partial charge in [-0.25, -0.2) is 9.97 Å². The lowest BCUT2D eigenvalue weighted by atomic mass is 10.2. The first-order valence-electron chi connectivity index (χ1n) is 5.93. The van der Waals surface area contributed by atoms with Gasteiger partial charge >= 0.3 is 0 Å². The predicted octanol–water partition coefficient (Wildman–Crippen LogP) is 1.77. The van der Waals surface area contributed by atoms with Gasteiger partial charge in [0.1, 0.15) is 11.5 Å². The van der Waals surface area contributed by atoms with Crippen molar-refractivity contribution in [3.63, 3.8) is 0 Å². The smallest absolute Gasteiger partial charge is 0.246 e. The van der Waals surface area contributed by atoms with Crippen LogP contribution in [0.25, 0.3) is 0 Å². The normalized spacial score (nSPS) is 15.2. The summed E-state index contributed by atoms with van der Waals surface area (Å²) in [6.45, 7) is 8.39. The fourth-order valence-corrected chi connectivity index (χ4v) is 1.92. The first-order chi connectivity index (χ1) is 8.00. The Morgan fingerprint density at radius 2 is 2.06 bits per heavy atom. The molecule has 1 amide bonds. The molecule has 0 atom stereocenters.